The van der Waals surface area contributed by atoms with Crippen LogP contribution in [-0.2, 0) is 5.54 Å². The van der Waals surface area contributed by atoms with Gasteiger partial charge in [-0.15, -0.1) is 0 Å². The van der Waals surface area contributed by atoms with Gasteiger partial charge in [0.05, 0.1) is 12.6 Å². The number of methoxy groups -OCH3 is 1. The molecule has 0 radical (unpaired) electrons. The molecule has 6 nitrogen and oxygen atoms in total. The average Bonchev–Trinajstić information content (AvgIpc) is 3.22. The highest BCUT2D eigenvalue weighted by Crippen LogP contribution is 2.46. The Balaban J connectivity index is 1.43. The van der Waals surface area contributed by atoms with E-state index in [0.29, 0.717) is 17.2 Å². The second-order valence-corrected chi connectivity index (χ2v) is 5.96. The Labute approximate surface area is 139 Å². The van der Waals surface area contributed by atoms with E-state index in [1.165, 1.54) is 0 Å². The monoisotopic (exact) mass is 326 g/mol. The smallest absolute Gasteiger partial charge is 0.319 e. The van der Waals surface area contributed by atoms with Crippen molar-refractivity contribution in [3.05, 3.63) is 48.0 Å². The lowest BCUT2D eigenvalue weighted by Crippen LogP contribution is -2.38. The largest absolute Gasteiger partial charge is 0.497 e. The average molecular weight is 326 g/mol. The molecule has 2 aromatic carbocycles. The van der Waals surface area contributed by atoms with Crippen LogP contribution in [0.25, 0.3) is 0 Å². The maximum Gasteiger partial charge on any atom is 0.319 e. The van der Waals surface area contributed by atoms with Crippen LogP contribution in [0.1, 0.15) is 18.4 Å². The maximum atomic E-state index is 12.3. The van der Waals surface area contributed by atoms with Crippen LogP contribution in [0.3, 0.4) is 0 Å². The SMILES string of the molecule is COc1ccc(C2(NC(=O)Nc3ccc4c(c3)OCO4)CC2)cc1. The quantitative estimate of drug-likeness (QED) is 0.905. The Kier molecular flexibility index (Phi) is 3.45. The number of urea groups is 1. The summed E-state index contributed by atoms with van der Waals surface area (Å²) in [4.78, 5) is 12.3. The summed E-state index contributed by atoms with van der Waals surface area (Å²) in [5.41, 5.74) is 1.47. The minimum absolute atomic E-state index is 0.214. The summed E-state index contributed by atoms with van der Waals surface area (Å²) >= 11 is 0. The molecule has 124 valence electrons. The van der Waals surface area contributed by atoms with E-state index in [1.807, 2.05) is 24.3 Å². The molecule has 0 bridgehead atoms. The predicted molar refractivity (Wildman–Crippen MR) is 88.6 cm³/mol. The van der Waals surface area contributed by atoms with Crippen molar-refractivity contribution in [1.82, 2.24) is 5.32 Å². The molecule has 1 heterocycles. The Morgan fingerprint density at radius 3 is 2.54 bits per heavy atom. The molecule has 1 fully saturated rings. The molecule has 2 amide bonds. The van der Waals surface area contributed by atoms with Crippen molar-refractivity contribution in [2.75, 3.05) is 19.2 Å². The van der Waals surface area contributed by atoms with Gasteiger partial charge in [-0.2, -0.15) is 0 Å². The fourth-order valence-corrected chi connectivity index (χ4v) is 2.87. The number of hydrogen-bond donors (Lipinski definition) is 2. The first kappa shape index (κ1) is 14.7. The van der Waals surface area contributed by atoms with Gasteiger partial charge in [0.25, 0.3) is 0 Å². The third-order valence-corrected chi connectivity index (χ3v) is 4.38. The fourth-order valence-electron chi connectivity index (χ4n) is 2.87. The summed E-state index contributed by atoms with van der Waals surface area (Å²) in [6, 6.07) is 12.9. The summed E-state index contributed by atoms with van der Waals surface area (Å²) in [6.45, 7) is 0.214. The number of ether oxygens (including phenoxy) is 3. The molecule has 2 aromatic rings. The minimum atomic E-state index is -0.285. The van der Waals surface area contributed by atoms with Crippen LogP contribution in [0.2, 0.25) is 0 Å². The van der Waals surface area contributed by atoms with Crippen molar-refractivity contribution < 1.29 is 19.0 Å². The third kappa shape index (κ3) is 2.71. The number of carbonyl (C=O) groups excluding carboxylic acids is 1. The number of hydrogen-bond acceptors (Lipinski definition) is 4. The second-order valence-electron chi connectivity index (χ2n) is 5.96. The van der Waals surface area contributed by atoms with Gasteiger partial charge in [-0.25, -0.2) is 4.79 Å². The molecule has 4 rings (SSSR count). The molecule has 2 N–H and O–H groups in total. The first-order valence-corrected chi connectivity index (χ1v) is 7.82. The zero-order valence-corrected chi connectivity index (χ0v) is 13.3. The highest BCUT2D eigenvalue weighted by molar-refractivity contribution is 5.90. The lowest BCUT2D eigenvalue weighted by molar-refractivity contribution is 0.174. The highest BCUT2D eigenvalue weighted by Gasteiger charge is 2.45. The van der Waals surface area contributed by atoms with Crippen molar-refractivity contribution >= 4 is 11.7 Å². The molecular weight excluding hydrogens is 308 g/mol. The van der Waals surface area contributed by atoms with Gasteiger partial charge in [0, 0.05) is 11.8 Å². The number of amides is 2. The Bertz CT molecular complexity index is 769. The Hall–Kier alpha value is -2.89. The van der Waals surface area contributed by atoms with E-state index in [2.05, 4.69) is 10.6 Å². The van der Waals surface area contributed by atoms with Gasteiger partial charge in [-0.3, -0.25) is 0 Å². The Morgan fingerprint density at radius 2 is 1.83 bits per heavy atom. The van der Waals surface area contributed by atoms with Crippen molar-refractivity contribution in [2.24, 2.45) is 0 Å². The number of benzene rings is 2. The molecule has 24 heavy (non-hydrogen) atoms. The van der Waals surface area contributed by atoms with Crippen LogP contribution < -0.4 is 24.8 Å². The standard InChI is InChI=1S/C18H18N2O4/c1-22-14-5-2-12(3-6-14)18(8-9-18)20-17(21)19-13-4-7-15-16(10-13)24-11-23-15/h2-7,10H,8-9,11H2,1H3,(H2,19,20,21). The molecule has 1 saturated carbocycles. The summed E-state index contributed by atoms with van der Waals surface area (Å²) < 4.78 is 15.8. The van der Waals surface area contributed by atoms with Gasteiger partial charge >= 0.3 is 6.03 Å². The van der Waals surface area contributed by atoms with E-state index in [-0.39, 0.29) is 18.4 Å². The van der Waals surface area contributed by atoms with Crippen LogP contribution >= 0.6 is 0 Å². The maximum absolute atomic E-state index is 12.3. The topological polar surface area (TPSA) is 68.8 Å². The first-order chi connectivity index (χ1) is 11.7. The molecule has 2 aliphatic rings. The number of carbonyl (C=O) groups is 1. The van der Waals surface area contributed by atoms with E-state index in [4.69, 9.17) is 14.2 Å². The molecule has 0 spiro atoms. The van der Waals surface area contributed by atoms with Gasteiger partial charge in [0.2, 0.25) is 6.79 Å². The van der Waals surface area contributed by atoms with Gasteiger partial charge in [0.1, 0.15) is 5.75 Å². The van der Waals surface area contributed by atoms with E-state index < -0.39 is 0 Å². The van der Waals surface area contributed by atoms with Gasteiger partial charge in [-0.05, 0) is 42.7 Å². The van der Waals surface area contributed by atoms with Gasteiger partial charge < -0.3 is 24.8 Å². The van der Waals surface area contributed by atoms with E-state index in [0.717, 1.165) is 24.2 Å². The van der Waals surface area contributed by atoms with Crippen LogP contribution in [0, 0.1) is 0 Å². The highest BCUT2D eigenvalue weighted by atomic mass is 16.7. The Morgan fingerprint density at radius 1 is 1.08 bits per heavy atom. The zero-order chi connectivity index (χ0) is 16.6. The molecule has 0 atom stereocenters. The van der Waals surface area contributed by atoms with Gasteiger partial charge in [-0.1, -0.05) is 12.1 Å². The van der Waals surface area contributed by atoms with Crippen LogP contribution in [0.15, 0.2) is 42.5 Å². The molecule has 0 saturated heterocycles. The fraction of sp³-hybridized carbons (Fsp3) is 0.278. The molecule has 1 aliphatic carbocycles. The van der Waals surface area contributed by atoms with E-state index in [1.54, 1.807) is 25.3 Å². The number of nitrogens with one attached hydrogen (secondary N) is 2. The second kappa shape index (κ2) is 5.63. The number of anilines is 1. The molecule has 0 aromatic heterocycles. The zero-order valence-electron chi connectivity index (χ0n) is 13.3. The van der Waals surface area contributed by atoms with E-state index >= 15 is 0 Å². The molecular formula is C18H18N2O4. The molecule has 1 aliphatic heterocycles. The van der Waals surface area contributed by atoms with E-state index in [9.17, 15) is 4.79 Å². The lowest BCUT2D eigenvalue weighted by Gasteiger charge is -2.19. The summed E-state index contributed by atoms with van der Waals surface area (Å²) in [5, 5.41) is 5.92. The summed E-state index contributed by atoms with van der Waals surface area (Å²) in [7, 11) is 1.64. The van der Waals surface area contributed by atoms with Gasteiger partial charge in [0.15, 0.2) is 11.5 Å². The van der Waals surface area contributed by atoms with Crippen molar-refractivity contribution in [3.8, 4) is 17.2 Å². The normalized spacial score (nSPS) is 16.4. The molecule has 6 heteroatoms. The number of fused-ring (bicyclic) bond motifs is 1. The van der Waals surface area contributed by atoms with Crippen LogP contribution in [0.4, 0.5) is 10.5 Å². The number of rotatable bonds is 4. The van der Waals surface area contributed by atoms with Crippen molar-refractivity contribution in [2.45, 2.75) is 18.4 Å². The first-order valence-electron chi connectivity index (χ1n) is 7.82. The lowest BCUT2D eigenvalue weighted by atomic mass is 10.1. The van der Waals surface area contributed by atoms with Crippen molar-refractivity contribution in [1.29, 1.82) is 0 Å². The van der Waals surface area contributed by atoms with Crippen LogP contribution in [0.5, 0.6) is 17.2 Å². The summed E-state index contributed by atoms with van der Waals surface area (Å²) in [6.07, 6.45) is 1.85. The predicted octanol–water partition coefficient (Wildman–Crippen LogP) is 3.23. The third-order valence-electron chi connectivity index (χ3n) is 4.38. The van der Waals surface area contributed by atoms with Crippen molar-refractivity contribution in [3.63, 3.8) is 0 Å². The molecule has 0 unspecified atom stereocenters. The van der Waals surface area contributed by atoms with Crippen LogP contribution in [-0.4, -0.2) is 19.9 Å². The minimum Gasteiger partial charge on any atom is -0.497 e. The summed E-state index contributed by atoms with van der Waals surface area (Å²) in [5.74, 6) is 2.14.